The van der Waals surface area contributed by atoms with Gasteiger partial charge < -0.3 is 16.6 Å². The maximum atomic E-state index is 10.5. The molecule has 0 saturated carbocycles. The van der Waals surface area contributed by atoms with Gasteiger partial charge in [-0.1, -0.05) is 47.0 Å². The molecule has 1 aliphatic carbocycles. The van der Waals surface area contributed by atoms with Gasteiger partial charge in [0.25, 0.3) is 0 Å². The summed E-state index contributed by atoms with van der Waals surface area (Å²) < 4.78 is 0. The molecule has 5 N–H and O–H groups in total. The van der Waals surface area contributed by atoms with Crippen LogP contribution in [0.2, 0.25) is 0 Å². The molecule has 3 nitrogen and oxygen atoms in total. The van der Waals surface area contributed by atoms with E-state index in [-0.39, 0.29) is 22.0 Å². The summed E-state index contributed by atoms with van der Waals surface area (Å²) >= 11 is 0. The van der Waals surface area contributed by atoms with Crippen molar-refractivity contribution in [2.45, 2.75) is 52.4 Å². The third kappa shape index (κ3) is 1.30. The third-order valence-corrected chi connectivity index (χ3v) is 6.19. The van der Waals surface area contributed by atoms with E-state index in [2.05, 4.69) is 41.5 Å². The molecule has 0 radical (unpaired) electrons. The summed E-state index contributed by atoms with van der Waals surface area (Å²) in [6, 6.07) is 0. The van der Waals surface area contributed by atoms with E-state index >= 15 is 0 Å². The number of hydrogen-bond donors (Lipinski definition) is 3. The Morgan fingerprint density at radius 2 is 1.26 bits per heavy atom. The highest BCUT2D eigenvalue weighted by Crippen LogP contribution is 2.63. The number of rotatable bonds is 0. The highest BCUT2D eigenvalue weighted by molar-refractivity contribution is 6.38. The van der Waals surface area contributed by atoms with Crippen molar-refractivity contribution >= 4 is 24.7 Å². The first kappa shape index (κ1) is 14.1. The molecule has 0 amide bonds. The Hall–Kier alpha value is -1.32. The molecule has 1 aromatic carbocycles. The number of phenols is 1. The van der Waals surface area contributed by atoms with Crippen molar-refractivity contribution in [2.75, 3.05) is 11.5 Å². The first-order chi connectivity index (χ1) is 8.39. The topological polar surface area (TPSA) is 72.3 Å². The van der Waals surface area contributed by atoms with Crippen molar-refractivity contribution in [1.82, 2.24) is 0 Å². The smallest absolute Gasteiger partial charge is 0.144 e. The number of hydrogen-bond acceptors (Lipinski definition) is 3. The molecule has 0 bridgehead atoms. The first-order valence-corrected chi connectivity index (χ1v) is 6.80. The zero-order chi connectivity index (χ0) is 15.0. The number of nitrogens with two attached hydrogens (primary N) is 2. The van der Waals surface area contributed by atoms with Gasteiger partial charge >= 0.3 is 0 Å². The minimum atomic E-state index is -0.164. The summed E-state index contributed by atoms with van der Waals surface area (Å²) in [5.41, 5.74) is 15.8. The van der Waals surface area contributed by atoms with Crippen LogP contribution in [0.4, 0.5) is 11.4 Å². The van der Waals surface area contributed by atoms with Crippen LogP contribution in [0, 0.1) is 5.41 Å². The van der Waals surface area contributed by atoms with Crippen LogP contribution in [0.3, 0.4) is 0 Å². The van der Waals surface area contributed by atoms with Gasteiger partial charge in [-0.2, -0.15) is 0 Å². The van der Waals surface area contributed by atoms with Crippen molar-refractivity contribution in [3.8, 4) is 5.75 Å². The number of benzene rings is 1. The van der Waals surface area contributed by atoms with E-state index in [1.54, 1.807) is 0 Å². The largest absolute Gasteiger partial charge is 0.505 e. The van der Waals surface area contributed by atoms with Gasteiger partial charge in [-0.3, -0.25) is 0 Å². The predicted molar refractivity (Wildman–Crippen MR) is 84.9 cm³/mol. The summed E-state index contributed by atoms with van der Waals surface area (Å²) in [6.07, 6.45) is 0. The molecular formula is C15H25BN2O. The summed E-state index contributed by atoms with van der Waals surface area (Å²) in [6.45, 7) is 13.3. The van der Waals surface area contributed by atoms with Crippen LogP contribution in [0.15, 0.2) is 0 Å². The van der Waals surface area contributed by atoms with E-state index in [1.165, 1.54) is 0 Å². The second-order valence-corrected chi connectivity index (χ2v) is 7.43. The average molecular weight is 260 g/mol. The van der Waals surface area contributed by atoms with E-state index in [4.69, 9.17) is 11.5 Å². The fourth-order valence-electron chi connectivity index (χ4n) is 3.70. The zero-order valence-corrected chi connectivity index (χ0v) is 13.1. The number of phenolic OH excluding ortho intramolecular Hbond substituents is 1. The molecule has 0 atom stereocenters. The molecule has 0 aliphatic heterocycles. The van der Waals surface area contributed by atoms with Gasteiger partial charge in [0.2, 0.25) is 0 Å². The summed E-state index contributed by atoms with van der Waals surface area (Å²) in [4.78, 5) is 0. The predicted octanol–water partition coefficient (Wildman–Crippen LogP) is 1.41. The molecule has 1 aliphatic rings. The van der Waals surface area contributed by atoms with E-state index in [1.807, 2.05) is 7.85 Å². The first-order valence-electron chi connectivity index (χ1n) is 6.80. The van der Waals surface area contributed by atoms with Crippen LogP contribution in [0.25, 0.3) is 0 Å². The zero-order valence-electron chi connectivity index (χ0n) is 13.1. The highest BCUT2D eigenvalue weighted by Gasteiger charge is 2.58. The molecule has 0 heterocycles. The second-order valence-electron chi connectivity index (χ2n) is 7.43. The number of fused-ring (bicyclic) bond motifs is 1. The van der Waals surface area contributed by atoms with Gasteiger partial charge in [0, 0.05) is 5.56 Å². The standard InChI is InChI=1S/C15H25BN2O/c1-13(2)7-8(14(3,4)15(13,5)6)12(19)11(18)10(17)9(7)16/h19H,16-18H2,1-6H3. The molecule has 19 heavy (non-hydrogen) atoms. The van der Waals surface area contributed by atoms with E-state index in [0.29, 0.717) is 11.4 Å². The maximum Gasteiger partial charge on any atom is 0.144 e. The summed E-state index contributed by atoms with van der Waals surface area (Å²) in [5, 5.41) is 10.5. The fraction of sp³-hybridized carbons (Fsp3) is 0.600. The van der Waals surface area contributed by atoms with E-state index < -0.39 is 0 Å². The van der Waals surface area contributed by atoms with Gasteiger partial charge in [-0.15, -0.1) is 0 Å². The SMILES string of the molecule is Bc1c(N)c(N)c(O)c2c1C(C)(C)C(C)(C)C2(C)C. The number of nitrogen functional groups attached to an aromatic ring is 2. The monoisotopic (exact) mass is 260 g/mol. The summed E-state index contributed by atoms with van der Waals surface area (Å²) in [5.74, 6) is 0.168. The van der Waals surface area contributed by atoms with Crippen LogP contribution in [0.1, 0.15) is 52.7 Å². The van der Waals surface area contributed by atoms with Crippen molar-refractivity contribution < 1.29 is 5.11 Å². The Morgan fingerprint density at radius 3 is 1.74 bits per heavy atom. The van der Waals surface area contributed by atoms with Gasteiger partial charge in [0.1, 0.15) is 13.6 Å². The minimum absolute atomic E-state index is 0.00912. The van der Waals surface area contributed by atoms with Crippen LogP contribution in [-0.2, 0) is 10.8 Å². The number of aromatic hydroxyl groups is 1. The quantitative estimate of drug-likeness (QED) is 0.375. The van der Waals surface area contributed by atoms with Crippen molar-refractivity contribution in [3.05, 3.63) is 11.1 Å². The Labute approximate surface area is 116 Å². The minimum Gasteiger partial charge on any atom is -0.505 e. The fourth-order valence-corrected chi connectivity index (χ4v) is 3.70. The molecule has 104 valence electrons. The molecular weight excluding hydrogens is 235 g/mol. The molecule has 2 rings (SSSR count). The Balaban J connectivity index is 3.02. The Kier molecular flexibility index (Phi) is 2.53. The molecule has 4 heteroatoms. The maximum absolute atomic E-state index is 10.5. The Morgan fingerprint density at radius 1 is 0.842 bits per heavy atom. The third-order valence-electron chi connectivity index (χ3n) is 6.19. The van der Waals surface area contributed by atoms with E-state index in [0.717, 1.165) is 16.6 Å². The van der Waals surface area contributed by atoms with Gasteiger partial charge in [-0.25, -0.2) is 0 Å². The van der Waals surface area contributed by atoms with Gasteiger partial charge in [-0.05, 0) is 21.8 Å². The van der Waals surface area contributed by atoms with Crippen LogP contribution < -0.4 is 16.9 Å². The molecule has 0 unspecified atom stereocenters. The Bertz CT molecular complexity index is 525. The lowest BCUT2D eigenvalue weighted by Crippen LogP contribution is -2.43. The molecule has 0 fully saturated rings. The lowest BCUT2D eigenvalue weighted by molar-refractivity contribution is 0.124. The molecule has 0 spiro atoms. The lowest BCUT2D eigenvalue weighted by Gasteiger charge is -2.44. The normalized spacial score (nSPS) is 22.2. The van der Waals surface area contributed by atoms with Crippen LogP contribution in [0.5, 0.6) is 5.75 Å². The van der Waals surface area contributed by atoms with Crippen molar-refractivity contribution in [1.29, 1.82) is 0 Å². The molecule has 0 aromatic heterocycles. The molecule has 0 saturated heterocycles. The van der Waals surface area contributed by atoms with Gasteiger partial charge in [0.15, 0.2) is 0 Å². The van der Waals surface area contributed by atoms with E-state index in [9.17, 15) is 5.11 Å². The van der Waals surface area contributed by atoms with Crippen molar-refractivity contribution in [3.63, 3.8) is 0 Å². The lowest BCUT2D eigenvalue weighted by atomic mass is 9.59. The van der Waals surface area contributed by atoms with Crippen LogP contribution >= 0.6 is 0 Å². The average Bonchev–Trinajstić information content (AvgIpc) is 2.39. The van der Waals surface area contributed by atoms with Gasteiger partial charge in [0.05, 0.1) is 11.4 Å². The molecule has 1 aromatic rings. The summed E-state index contributed by atoms with van der Waals surface area (Å²) in [7, 11) is 2.00. The number of anilines is 2. The highest BCUT2D eigenvalue weighted by atomic mass is 16.3. The van der Waals surface area contributed by atoms with Crippen LogP contribution in [-0.4, -0.2) is 13.0 Å². The van der Waals surface area contributed by atoms with Crippen molar-refractivity contribution in [2.24, 2.45) is 5.41 Å². The second kappa shape index (κ2) is 3.41.